The number of aromatic nitrogens is 2. The summed E-state index contributed by atoms with van der Waals surface area (Å²) in [6.45, 7) is 6.65. The largest absolute Gasteiger partial charge is 0.383 e. The lowest BCUT2D eigenvalue weighted by Gasteiger charge is -2.25. The molecule has 0 bridgehead atoms. The number of nitrogen functional groups attached to an aromatic ring is 1. The number of nitrogens with zero attached hydrogens (tertiary/aromatic N) is 2. The van der Waals surface area contributed by atoms with Gasteiger partial charge in [-0.1, -0.05) is 39.3 Å². The van der Waals surface area contributed by atoms with Gasteiger partial charge in [-0.15, -0.1) is 0 Å². The van der Waals surface area contributed by atoms with Crippen molar-refractivity contribution >= 4 is 17.4 Å². The molecule has 1 aromatic heterocycles. The molecule has 0 saturated carbocycles. The van der Waals surface area contributed by atoms with Gasteiger partial charge in [0.25, 0.3) is 5.56 Å². The van der Waals surface area contributed by atoms with Gasteiger partial charge in [0.2, 0.25) is 5.91 Å². The molecule has 2 aromatic rings. The first kappa shape index (κ1) is 22.4. The highest BCUT2D eigenvalue weighted by Gasteiger charge is 2.24. The number of amides is 1. The molecule has 1 amide bonds. The molecule has 2 rings (SSSR count). The molecular weight excluding hydrogens is 375 g/mol. The van der Waals surface area contributed by atoms with Crippen molar-refractivity contribution in [2.45, 2.75) is 53.0 Å². The Labute approximate surface area is 169 Å². The molecule has 3 N–H and O–H groups in total. The predicted molar refractivity (Wildman–Crippen MR) is 113 cm³/mol. The van der Waals surface area contributed by atoms with Crippen molar-refractivity contribution in [2.75, 3.05) is 17.2 Å². The summed E-state index contributed by atoms with van der Waals surface area (Å²) in [5, 5.41) is 0. The van der Waals surface area contributed by atoms with Crippen LogP contribution in [0.3, 0.4) is 0 Å². The molecule has 0 saturated heterocycles. The van der Waals surface area contributed by atoms with E-state index in [4.69, 9.17) is 5.73 Å². The minimum absolute atomic E-state index is 0.00605. The minimum Gasteiger partial charge on any atom is -0.383 e. The molecule has 7 nitrogen and oxygen atoms in total. The van der Waals surface area contributed by atoms with Gasteiger partial charge < -0.3 is 10.6 Å². The van der Waals surface area contributed by atoms with Gasteiger partial charge >= 0.3 is 5.69 Å². The van der Waals surface area contributed by atoms with Crippen LogP contribution in [0.4, 0.5) is 15.9 Å². The number of halogens is 1. The number of nitrogens with two attached hydrogens (primary N) is 1. The fourth-order valence-corrected chi connectivity index (χ4v) is 3.00. The highest BCUT2D eigenvalue weighted by Crippen LogP contribution is 2.20. The van der Waals surface area contributed by atoms with Gasteiger partial charge in [0.15, 0.2) is 5.69 Å². The molecule has 29 heavy (non-hydrogen) atoms. The van der Waals surface area contributed by atoms with E-state index < -0.39 is 11.2 Å². The van der Waals surface area contributed by atoms with Crippen LogP contribution >= 0.6 is 0 Å². The van der Waals surface area contributed by atoms with E-state index in [1.54, 1.807) is 0 Å². The second-order valence-corrected chi connectivity index (χ2v) is 7.53. The maximum absolute atomic E-state index is 13.2. The molecular formula is C21H29FN4O3. The summed E-state index contributed by atoms with van der Waals surface area (Å²) >= 11 is 0. The Hall–Kier alpha value is -2.90. The van der Waals surface area contributed by atoms with Crippen molar-refractivity contribution in [1.29, 1.82) is 0 Å². The smallest absolute Gasteiger partial charge is 0.330 e. The van der Waals surface area contributed by atoms with E-state index in [9.17, 15) is 18.8 Å². The van der Waals surface area contributed by atoms with Crippen molar-refractivity contribution < 1.29 is 9.18 Å². The zero-order valence-corrected chi connectivity index (χ0v) is 17.2. The van der Waals surface area contributed by atoms with Gasteiger partial charge in [0.05, 0.1) is 6.42 Å². The Kier molecular flexibility index (Phi) is 7.75. The number of carbonyl (C=O) groups is 1. The van der Waals surface area contributed by atoms with Crippen molar-refractivity contribution in [3.63, 3.8) is 0 Å². The number of hydrogen-bond acceptors (Lipinski definition) is 4. The fraction of sp³-hybridized carbons (Fsp3) is 0.476. The zero-order valence-electron chi connectivity index (χ0n) is 17.2. The Morgan fingerprint density at radius 1 is 1.24 bits per heavy atom. The summed E-state index contributed by atoms with van der Waals surface area (Å²) in [6.07, 6.45) is 2.21. The van der Waals surface area contributed by atoms with Crippen LogP contribution in [0.1, 0.15) is 45.6 Å². The Morgan fingerprint density at radius 2 is 1.90 bits per heavy atom. The van der Waals surface area contributed by atoms with Crippen molar-refractivity contribution in [3.05, 3.63) is 56.5 Å². The first-order valence-corrected chi connectivity index (χ1v) is 9.92. The van der Waals surface area contributed by atoms with E-state index in [-0.39, 0.29) is 36.2 Å². The summed E-state index contributed by atoms with van der Waals surface area (Å²) in [7, 11) is 0. The molecule has 0 aliphatic carbocycles. The number of nitrogens with one attached hydrogen (secondary N) is 1. The fourth-order valence-electron chi connectivity index (χ4n) is 3.00. The molecule has 0 atom stereocenters. The molecule has 0 aliphatic rings. The third-order valence-electron chi connectivity index (χ3n) is 4.72. The van der Waals surface area contributed by atoms with Crippen LogP contribution in [0, 0.1) is 11.7 Å². The number of hydrogen-bond donors (Lipinski definition) is 2. The van der Waals surface area contributed by atoms with Crippen LogP contribution in [-0.2, 0) is 17.8 Å². The number of anilines is 2. The minimum atomic E-state index is -0.684. The van der Waals surface area contributed by atoms with E-state index in [1.807, 2.05) is 20.8 Å². The van der Waals surface area contributed by atoms with E-state index >= 15 is 0 Å². The lowest BCUT2D eigenvalue weighted by atomic mass is 10.1. The first-order chi connectivity index (χ1) is 13.7. The molecule has 0 aliphatic heterocycles. The van der Waals surface area contributed by atoms with Crippen LogP contribution in [0.5, 0.6) is 0 Å². The molecule has 0 spiro atoms. The van der Waals surface area contributed by atoms with Crippen LogP contribution in [0.15, 0.2) is 33.9 Å². The maximum Gasteiger partial charge on any atom is 0.330 e. The first-order valence-electron chi connectivity index (χ1n) is 9.92. The Bertz CT molecular complexity index is 948. The van der Waals surface area contributed by atoms with Crippen LogP contribution in [-0.4, -0.2) is 22.0 Å². The molecule has 158 valence electrons. The Balaban J connectivity index is 2.45. The van der Waals surface area contributed by atoms with Crippen LogP contribution in [0.2, 0.25) is 0 Å². The van der Waals surface area contributed by atoms with Gasteiger partial charge in [-0.2, -0.15) is 0 Å². The Morgan fingerprint density at radius 3 is 2.48 bits per heavy atom. The predicted octanol–water partition coefficient (Wildman–Crippen LogP) is 2.68. The van der Waals surface area contributed by atoms with E-state index in [1.165, 1.54) is 33.7 Å². The number of unbranched alkanes of at least 4 members (excludes halogenated alkanes) is 1. The van der Waals surface area contributed by atoms with Crippen molar-refractivity contribution in [1.82, 2.24) is 9.55 Å². The van der Waals surface area contributed by atoms with Crippen LogP contribution < -0.4 is 21.9 Å². The van der Waals surface area contributed by atoms with Crippen molar-refractivity contribution in [3.8, 4) is 0 Å². The highest BCUT2D eigenvalue weighted by atomic mass is 19.1. The molecule has 0 radical (unpaired) electrons. The average molecular weight is 404 g/mol. The zero-order chi connectivity index (χ0) is 21.6. The van der Waals surface area contributed by atoms with E-state index in [2.05, 4.69) is 4.98 Å². The number of H-pyrrole nitrogens is 1. The maximum atomic E-state index is 13.2. The normalized spacial score (nSPS) is 11.1. The van der Waals surface area contributed by atoms with E-state index in [0.29, 0.717) is 30.9 Å². The van der Waals surface area contributed by atoms with Gasteiger partial charge in [0, 0.05) is 13.1 Å². The third-order valence-corrected chi connectivity index (χ3v) is 4.72. The lowest BCUT2D eigenvalue weighted by Crippen LogP contribution is -2.42. The standard InChI is InChI=1S/C21H29FN4O3/c1-4-5-11-26-19(23)18(20(28)24-21(26)29)25(12-10-14(2)3)17(27)13-15-6-8-16(22)9-7-15/h6-9,14H,4-5,10-13,23H2,1-3H3,(H,24,28,29). The molecule has 1 heterocycles. The topological polar surface area (TPSA) is 101 Å². The summed E-state index contributed by atoms with van der Waals surface area (Å²) in [5.41, 5.74) is 5.54. The van der Waals surface area contributed by atoms with Gasteiger partial charge in [-0.3, -0.25) is 19.1 Å². The lowest BCUT2D eigenvalue weighted by molar-refractivity contribution is -0.118. The van der Waals surface area contributed by atoms with Gasteiger partial charge in [-0.05, 0) is 36.5 Å². The number of aromatic amines is 1. The number of carbonyl (C=O) groups excluding carboxylic acids is 1. The monoisotopic (exact) mass is 404 g/mol. The molecule has 0 fully saturated rings. The molecule has 0 unspecified atom stereocenters. The highest BCUT2D eigenvalue weighted by molar-refractivity contribution is 5.96. The second-order valence-electron chi connectivity index (χ2n) is 7.53. The summed E-state index contributed by atoms with van der Waals surface area (Å²) in [5.74, 6) is -0.442. The number of benzene rings is 1. The SMILES string of the molecule is CCCCn1c(N)c(N(CCC(C)C)C(=O)Cc2ccc(F)cc2)c(=O)[nH]c1=O. The summed E-state index contributed by atoms with van der Waals surface area (Å²) in [4.78, 5) is 41.5. The van der Waals surface area contributed by atoms with Crippen molar-refractivity contribution in [2.24, 2.45) is 5.92 Å². The summed E-state index contributed by atoms with van der Waals surface area (Å²) in [6, 6.07) is 5.63. The van der Waals surface area contributed by atoms with Gasteiger partial charge in [0.1, 0.15) is 11.6 Å². The van der Waals surface area contributed by atoms with Gasteiger partial charge in [-0.25, -0.2) is 9.18 Å². The number of rotatable bonds is 9. The second kappa shape index (κ2) is 10.0. The van der Waals surface area contributed by atoms with Crippen LogP contribution in [0.25, 0.3) is 0 Å². The molecule has 1 aromatic carbocycles. The summed E-state index contributed by atoms with van der Waals surface area (Å²) < 4.78 is 14.5. The average Bonchev–Trinajstić information content (AvgIpc) is 2.65. The van der Waals surface area contributed by atoms with E-state index in [0.717, 1.165) is 6.42 Å². The molecule has 8 heteroatoms. The quantitative estimate of drug-likeness (QED) is 0.671. The third kappa shape index (κ3) is 5.79.